The Balaban J connectivity index is 1.68. The molecular weight excluding hydrogens is 533 g/mol. The van der Waals surface area contributed by atoms with Crippen molar-refractivity contribution in [1.29, 1.82) is 5.26 Å². The molecule has 2 aromatic carbocycles. The van der Waals surface area contributed by atoms with Crippen molar-refractivity contribution in [3.63, 3.8) is 0 Å². The number of β-amino-alcohol motifs (C(OH)–C–C–N with tert-alkyl or cyclic N) is 1. The number of phenolic OH excluding ortho intramolecular Hbond substituents is 1. The minimum Gasteiger partial charge on any atom is -0.508 e. The van der Waals surface area contributed by atoms with Crippen LogP contribution in [0.25, 0.3) is 0 Å². The van der Waals surface area contributed by atoms with E-state index < -0.39 is 24.0 Å². The van der Waals surface area contributed by atoms with Crippen LogP contribution in [0.5, 0.6) is 5.75 Å². The Hall–Kier alpha value is -3.52. The van der Waals surface area contributed by atoms with E-state index in [1.807, 2.05) is 13.0 Å². The highest BCUT2D eigenvalue weighted by Crippen LogP contribution is 2.30. The quantitative estimate of drug-likeness (QED) is 0.135. The molecule has 0 saturated carbocycles. The molecule has 202 valence electrons. The number of halogens is 2. The van der Waals surface area contributed by atoms with E-state index >= 15 is 0 Å². The number of benzene rings is 2. The topological polar surface area (TPSA) is 158 Å². The molecule has 5 N–H and O–H groups in total. The van der Waals surface area contributed by atoms with Gasteiger partial charge in [0, 0.05) is 13.1 Å². The normalized spacial score (nSPS) is 17.0. The summed E-state index contributed by atoms with van der Waals surface area (Å²) < 4.78 is 0. The van der Waals surface area contributed by atoms with Gasteiger partial charge in [-0.3, -0.25) is 10.1 Å². The van der Waals surface area contributed by atoms with Crippen molar-refractivity contribution >= 4 is 41.0 Å². The number of aliphatic imine (C=N–C) groups is 1. The number of nitrogens with zero attached hydrogens (tertiary/aromatic N) is 3. The van der Waals surface area contributed by atoms with Crippen molar-refractivity contribution < 1.29 is 24.9 Å². The molecule has 2 unspecified atom stereocenters. The average molecular weight is 562 g/mol. The molecule has 3 rings (SSSR count). The van der Waals surface area contributed by atoms with E-state index in [0.717, 1.165) is 17.5 Å². The molecule has 1 heterocycles. The fourth-order valence-corrected chi connectivity index (χ4v) is 4.87. The number of rotatable bonds is 9. The van der Waals surface area contributed by atoms with E-state index in [1.165, 1.54) is 0 Å². The summed E-state index contributed by atoms with van der Waals surface area (Å²) in [4.78, 5) is 30.5. The Bertz CT molecular complexity index is 1230. The van der Waals surface area contributed by atoms with Gasteiger partial charge in [0.15, 0.2) is 6.19 Å². The van der Waals surface area contributed by atoms with E-state index in [1.54, 1.807) is 41.4 Å². The third-order valence-corrected chi connectivity index (χ3v) is 6.89. The Morgan fingerprint density at radius 1 is 1.26 bits per heavy atom. The molecule has 0 bridgehead atoms. The monoisotopic (exact) mass is 561 g/mol. The minimum absolute atomic E-state index is 0.0496. The zero-order valence-corrected chi connectivity index (χ0v) is 22.2. The van der Waals surface area contributed by atoms with E-state index in [-0.39, 0.29) is 46.3 Å². The molecule has 12 heteroatoms. The summed E-state index contributed by atoms with van der Waals surface area (Å²) in [6, 6.07) is 8.89. The summed E-state index contributed by atoms with van der Waals surface area (Å²) in [5.41, 5.74) is 1.75. The van der Waals surface area contributed by atoms with Gasteiger partial charge in [0.1, 0.15) is 11.8 Å². The molecule has 0 aromatic heterocycles. The molecule has 3 atom stereocenters. The van der Waals surface area contributed by atoms with Crippen molar-refractivity contribution in [3.05, 3.63) is 63.1 Å². The number of carboxylic acid groups (broad SMARTS) is 1. The first kappa shape index (κ1) is 29.0. The number of aliphatic carboxylic acids is 1. The second-order valence-electron chi connectivity index (χ2n) is 9.12. The maximum absolute atomic E-state index is 12.9. The maximum atomic E-state index is 12.9. The molecule has 1 amide bonds. The summed E-state index contributed by atoms with van der Waals surface area (Å²) in [5, 5.41) is 43.0. The number of aliphatic hydroxyl groups is 1. The zero-order valence-electron chi connectivity index (χ0n) is 20.7. The van der Waals surface area contributed by atoms with Crippen LogP contribution in [0.3, 0.4) is 0 Å². The lowest BCUT2D eigenvalue weighted by Crippen LogP contribution is -2.45. The van der Waals surface area contributed by atoms with Gasteiger partial charge in [-0.15, -0.1) is 0 Å². The van der Waals surface area contributed by atoms with Gasteiger partial charge in [0.2, 0.25) is 5.96 Å². The van der Waals surface area contributed by atoms with Crippen LogP contribution in [0.1, 0.15) is 47.2 Å². The lowest BCUT2D eigenvalue weighted by molar-refractivity contribution is -0.138. The van der Waals surface area contributed by atoms with Crippen LogP contribution in [0.2, 0.25) is 10.0 Å². The molecule has 1 saturated heterocycles. The number of carbonyl (C=O) groups excluding carboxylic acids is 1. The first-order valence-electron chi connectivity index (χ1n) is 12.0. The number of hydrogen-bond acceptors (Lipinski definition) is 6. The number of amides is 1. The zero-order chi connectivity index (χ0) is 27.8. The molecule has 0 radical (unpaired) electrons. The number of aliphatic hydroxyl groups excluding tert-OH is 1. The molecule has 1 aliphatic rings. The van der Waals surface area contributed by atoms with Crippen LogP contribution >= 0.6 is 23.2 Å². The molecule has 0 spiro atoms. The van der Waals surface area contributed by atoms with Crippen LogP contribution in [0.15, 0.2) is 41.4 Å². The highest BCUT2D eigenvalue weighted by molar-refractivity contribution is 6.39. The van der Waals surface area contributed by atoms with E-state index in [2.05, 4.69) is 15.6 Å². The molecule has 1 fully saturated rings. The number of aryl methyl sites for hydroxylation is 1. The molecule has 0 aliphatic carbocycles. The van der Waals surface area contributed by atoms with E-state index in [0.29, 0.717) is 19.4 Å². The number of guanidine groups is 1. The predicted octanol–water partition coefficient (Wildman–Crippen LogP) is 3.11. The maximum Gasteiger partial charge on any atom is 0.328 e. The van der Waals surface area contributed by atoms with Crippen molar-refractivity contribution in [2.45, 2.75) is 44.2 Å². The molecule has 1 aliphatic heterocycles. The largest absolute Gasteiger partial charge is 0.508 e. The van der Waals surface area contributed by atoms with Gasteiger partial charge in [-0.2, -0.15) is 5.26 Å². The second-order valence-corrected chi connectivity index (χ2v) is 9.94. The number of carbonyl (C=O) groups is 2. The van der Waals surface area contributed by atoms with Crippen molar-refractivity contribution in [1.82, 2.24) is 15.5 Å². The van der Waals surface area contributed by atoms with Crippen molar-refractivity contribution in [2.24, 2.45) is 4.99 Å². The van der Waals surface area contributed by atoms with Gasteiger partial charge in [0.05, 0.1) is 28.3 Å². The second kappa shape index (κ2) is 13.3. The first-order chi connectivity index (χ1) is 18.1. The Morgan fingerprint density at radius 3 is 2.55 bits per heavy atom. The molecule has 10 nitrogen and oxygen atoms in total. The Labute approximate surface area is 230 Å². The summed E-state index contributed by atoms with van der Waals surface area (Å²) in [5.74, 6) is -1.62. The summed E-state index contributed by atoms with van der Waals surface area (Å²) >= 11 is 12.8. The number of phenols is 1. The van der Waals surface area contributed by atoms with Gasteiger partial charge >= 0.3 is 5.97 Å². The number of nitriles is 1. The summed E-state index contributed by atoms with van der Waals surface area (Å²) in [6.45, 7) is 2.38. The standard InChI is InChI=1S/C26H29Cl2N5O5/c1-15(17-3-2-4-18(34)11-17)5-6-16-9-20(27)23(21(28)10-16)24(36)32-22(25(37)38)12-30-26(31-14-29)33-8-7-19(35)13-33/h2-4,9-11,15,19,22,34-35H,5-8,12-13H2,1H3,(H,30,31)(H,32,36)(H,37,38)/t15?,19-,22?/m0/s1. The fourth-order valence-electron chi connectivity index (χ4n) is 4.16. The Kier molecular flexibility index (Phi) is 10.2. The van der Waals surface area contributed by atoms with E-state index in [4.69, 9.17) is 28.5 Å². The lowest BCUT2D eigenvalue weighted by Gasteiger charge is -2.20. The van der Waals surface area contributed by atoms with Crippen molar-refractivity contribution in [2.75, 3.05) is 19.6 Å². The van der Waals surface area contributed by atoms with Gasteiger partial charge in [-0.25, -0.2) is 9.79 Å². The van der Waals surface area contributed by atoms with Crippen LogP contribution in [-0.4, -0.2) is 69.8 Å². The Morgan fingerprint density at radius 2 is 1.97 bits per heavy atom. The number of likely N-dealkylation sites (tertiary alicyclic amines) is 1. The predicted molar refractivity (Wildman–Crippen MR) is 143 cm³/mol. The number of hydrogen-bond donors (Lipinski definition) is 5. The SMILES string of the molecule is CC(CCc1cc(Cl)c(C(=O)NC(CN=C(NC#N)N2CC[C@H](O)C2)C(=O)O)c(Cl)c1)c1cccc(O)c1. The lowest BCUT2D eigenvalue weighted by atomic mass is 9.93. The van der Waals surface area contributed by atoms with Gasteiger partial charge in [-0.05, 0) is 60.6 Å². The van der Waals surface area contributed by atoms with Crippen LogP contribution < -0.4 is 10.6 Å². The minimum atomic E-state index is -1.42. The van der Waals surface area contributed by atoms with Crippen LogP contribution in [-0.2, 0) is 11.2 Å². The van der Waals surface area contributed by atoms with Gasteiger partial charge in [-0.1, -0.05) is 42.3 Å². The third-order valence-electron chi connectivity index (χ3n) is 6.29. The third kappa shape index (κ3) is 7.74. The summed E-state index contributed by atoms with van der Waals surface area (Å²) in [6.07, 6.45) is 3.02. The highest BCUT2D eigenvalue weighted by atomic mass is 35.5. The number of nitrogens with one attached hydrogen (secondary N) is 2. The average Bonchev–Trinajstić information content (AvgIpc) is 3.29. The molecular formula is C26H29Cl2N5O5. The van der Waals surface area contributed by atoms with Crippen LogP contribution in [0.4, 0.5) is 0 Å². The number of aromatic hydroxyl groups is 1. The fraction of sp³-hybridized carbons (Fsp3) is 0.385. The van der Waals surface area contributed by atoms with Gasteiger partial charge < -0.3 is 25.5 Å². The van der Waals surface area contributed by atoms with E-state index in [9.17, 15) is 24.9 Å². The highest BCUT2D eigenvalue weighted by Gasteiger charge is 2.26. The smallest absolute Gasteiger partial charge is 0.328 e. The van der Waals surface area contributed by atoms with Crippen LogP contribution in [0, 0.1) is 11.5 Å². The summed E-state index contributed by atoms with van der Waals surface area (Å²) in [7, 11) is 0. The molecule has 38 heavy (non-hydrogen) atoms. The van der Waals surface area contributed by atoms with Gasteiger partial charge in [0.25, 0.3) is 5.91 Å². The van der Waals surface area contributed by atoms with Crippen molar-refractivity contribution in [3.8, 4) is 11.9 Å². The number of carboxylic acids is 1. The molecule has 2 aromatic rings. The first-order valence-corrected chi connectivity index (χ1v) is 12.8.